The molecule has 0 radical (unpaired) electrons. The minimum absolute atomic E-state index is 0.0374. The van der Waals surface area contributed by atoms with Crippen LogP contribution < -0.4 is 4.74 Å². The van der Waals surface area contributed by atoms with Crippen molar-refractivity contribution in [2.45, 2.75) is 91.2 Å². The van der Waals surface area contributed by atoms with Crippen molar-refractivity contribution in [1.82, 2.24) is 4.90 Å². The minimum Gasteiger partial charge on any atom is -0.520 e. The van der Waals surface area contributed by atoms with E-state index in [4.69, 9.17) is 24.1 Å². The number of rotatable bonds is 7. The van der Waals surface area contributed by atoms with Gasteiger partial charge in [0, 0.05) is 5.54 Å². The van der Waals surface area contributed by atoms with Crippen LogP contribution in [0.3, 0.4) is 0 Å². The number of fused-ring (bicyclic) bond motifs is 1. The van der Waals surface area contributed by atoms with Crippen LogP contribution in [0.4, 0.5) is 0 Å². The molecule has 5 rings (SSSR count). The second-order valence-electron chi connectivity index (χ2n) is 12.5. The summed E-state index contributed by atoms with van der Waals surface area (Å²) in [7, 11) is 11.6. The van der Waals surface area contributed by atoms with E-state index in [0.29, 0.717) is 5.92 Å². The number of halogens is 2. The van der Waals surface area contributed by atoms with Crippen molar-refractivity contribution < 1.29 is 18.3 Å². The summed E-state index contributed by atoms with van der Waals surface area (Å²) in [5.74, 6) is 1.48. The first-order valence-electron chi connectivity index (χ1n) is 15.1. The summed E-state index contributed by atoms with van der Waals surface area (Å²) in [4.78, 5) is 2.66. The number of benzene rings is 3. The van der Waals surface area contributed by atoms with Crippen LogP contribution in [0.25, 0.3) is 10.8 Å². The van der Waals surface area contributed by atoms with Gasteiger partial charge in [-0.1, -0.05) is 81.0 Å². The summed E-state index contributed by atoms with van der Waals surface area (Å²) in [6, 6.07) is 23.4. The first kappa shape index (κ1) is 33.0. The quantitative estimate of drug-likeness (QED) is 0.181. The fourth-order valence-corrected chi connectivity index (χ4v) is 8.43. The first-order valence-corrected chi connectivity index (χ1v) is 20.6. The number of allylic oxidation sites excluding steroid dienone is 4. The Morgan fingerprint density at radius 2 is 1.69 bits per heavy atom. The molecule has 0 amide bonds. The van der Waals surface area contributed by atoms with Gasteiger partial charge in [0.15, 0.2) is 0 Å². The first-order chi connectivity index (χ1) is 20.0. The van der Waals surface area contributed by atoms with Crippen LogP contribution in [0.15, 0.2) is 90.2 Å². The minimum atomic E-state index is -1.77. The van der Waals surface area contributed by atoms with Crippen molar-refractivity contribution in [3.05, 3.63) is 108 Å². The van der Waals surface area contributed by atoms with Crippen LogP contribution in [0.2, 0.25) is 0 Å². The third kappa shape index (κ3) is 7.58. The van der Waals surface area contributed by atoms with E-state index < -0.39 is 13.5 Å². The molecule has 1 saturated heterocycles. The van der Waals surface area contributed by atoms with Crippen molar-refractivity contribution >= 4 is 34.8 Å². The molecule has 3 aromatic rings. The Morgan fingerprint density at radius 3 is 2.38 bits per heavy atom. The van der Waals surface area contributed by atoms with Gasteiger partial charge in [0.1, 0.15) is 0 Å². The zero-order valence-electron chi connectivity index (χ0n) is 26.1. The molecule has 0 bridgehead atoms. The van der Waals surface area contributed by atoms with Gasteiger partial charge in [-0.15, -0.1) is 5.41 Å². The maximum atomic E-state index is 5.82. The van der Waals surface area contributed by atoms with Crippen molar-refractivity contribution in [2.24, 2.45) is 5.92 Å². The molecule has 228 valence electrons. The Bertz CT molecular complexity index is 1460. The molecule has 3 aromatic carbocycles. The number of hydrogen-bond donors (Lipinski definition) is 0. The SMILES string of the molecule is CC(C)Oc1ccccc1[CH]=[Ru]([Cl])[Cl].CCC1=C(N2[CH-]C(C)(c3cccc4ccccc34)CC2(C)C)[C@H](CC)CC=C1. The van der Waals surface area contributed by atoms with Gasteiger partial charge in [-0.3, -0.25) is 0 Å². The summed E-state index contributed by atoms with van der Waals surface area (Å²) in [5.41, 5.74) is 5.69. The molecule has 1 aliphatic carbocycles. The van der Waals surface area contributed by atoms with Gasteiger partial charge in [0.05, 0.1) is 0 Å². The van der Waals surface area contributed by atoms with E-state index in [1.165, 1.54) is 34.8 Å². The summed E-state index contributed by atoms with van der Waals surface area (Å²) in [6.45, 7) is 18.5. The van der Waals surface area contributed by atoms with Crippen LogP contribution >= 0.6 is 19.4 Å². The number of para-hydroxylation sites is 1. The summed E-state index contributed by atoms with van der Waals surface area (Å²) >= 11 is -1.77. The van der Waals surface area contributed by atoms with Crippen LogP contribution in [0.5, 0.6) is 5.75 Å². The van der Waals surface area contributed by atoms with Gasteiger partial charge in [0.25, 0.3) is 0 Å². The Hall–Kier alpha value is -1.93. The van der Waals surface area contributed by atoms with Crippen molar-refractivity contribution in [2.75, 3.05) is 0 Å². The van der Waals surface area contributed by atoms with Gasteiger partial charge < -0.3 is 4.90 Å². The average molecular weight is 693 g/mol. The largest absolute Gasteiger partial charge is 0.520 e. The van der Waals surface area contributed by atoms with Gasteiger partial charge in [-0.2, -0.15) is 0 Å². The fourth-order valence-electron chi connectivity index (χ4n) is 6.63. The predicted molar refractivity (Wildman–Crippen MR) is 180 cm³/mol. The zero-order valence-corrected chi connectivity index (χ0v) is 29.4. The number of nitrogens with zero attached hydrogens (tertiary/aromatic N) is 1. The molecule has 0 spiro atoms. The molecule has 1 unspecified atom stereocenters. The maximum absolute atomic E-state index is 5.82. The summed E-state index contributed by atoms with van der Waals surface area (Å²) < 4.78 is 7.51. The van der Waals surface area contributed by atoms with Crippen LogP contribution in [-0.4, -0.2) is 21.2 Å². The van der Waals surface area contributed by atoms with E-state index in [1.54, 1.807) is 5.70 Å². The third-order valence-corrected chi connectivity index (χ3v) is 10.2. The molecule has 1 fully saturated rings. The summed E-state index contributed by atoms with van der Waals surface area (Å²) in [5, 5.41) is 2.73. The number of ether oxygens (including phenoxy) is 1. The molecule has 0 saturated carbocycles. The Kier molecular flexibility index (Phi) is 11.2. The smallest absolute Gasteiger partial charge is 0.00420 e. The van der Waals surface area contributed by atoms with E-state index >= 15 is 0 Å². The number of likely N-dealkylation sites (tertiary alicyclic amines) is 1. The second kappa shape index (κ2) is 14.2. The molecular weight excluding hydrogens is 646 g/mol. The van der Waals surface area contributed by atoms with Crippen molar-refractivity contribution in [3.8, 4) is 5.75 Å². The predicted octanol–water partition coefficient (Wildman–Crippen LogP) is 10.9. The van der Waals surface area contributed by atoms with Gasteiger partial charge in [-0.05, 0) is 67.5 Å². The van der Waals surface area contributed by atoms with Crippen LogP contribution in [0, 0.1) is 12.5 Å². The zero-order chi connectivity index (χ0) is 30.5. The summed E-state index contributed by atoms with van der Waals surface area (Å²) in [6.07, 6.45) is 9.52. The van der Waals surface area contributed by atoms with E-state index in [1.807, 2.05) is 42.7 Å². The molecular formula is C37H46Cl2NORu-. The Morgan fingerprint density at radius 1 is 1.00 bits per heavy atom. The van der Waals surface area contributed by atoms with Crippen LogP contribution in [0.1, 0.15) is 85.3 Å². The number of hydrogen-bond acceptors (Lipinski definition) is 2. The van der Waals surface area contributed by atoms with Gasteiger partial charge in [-0.25, -0.2) is 6.54 Å². The Balaban J connectivity index is 0.000000244. The molecule has 2 nitrogen and oxygen atoms in total. The molecule has 2 aliphatic rings. The maximum Gasteiger partial charge on any atom is 0.00420 e. The molecule has 0 aromatic heterocycles. The molecule has 1 heterocycles. The van der Waals surface area contributed by atoms with Gasteiger partial charge in [0.2, 0.25) is 0 Å². The van der Waals surface area contributed by atoms with Crippen molar-refractivity contribution in [1.29, 1.82) is 0 Å². The normalized spacial score (nSPS) is 21.8. The molecule has 0 N–H and O–H groups in total. The monoisotopic (exact) mass is 692 g/mol. The standard InChI is InChI=1S/C27H34N.C10H12O.2ClH.Ru/c1-6-20-13-10-14-21(7-2)25(20)28-19-27(5,18-26(28,3)4)24-17-11-15-22-12-8-9-16-23(22)24;1-8(2)11-10-7-5-4-6-9(10)3;;;/h8-13,15-17,19,21H,6-7,14,18H2,1-5H3;3-8H,1-2H3;2*1H;/q-1;;;;+2/p-2/t21-,27?;;;;/m1..../s1. The van der Waals surface area contributed by atoms with E-state index in [-0.39, 0.29) is 17.1 Å². The van der Waals surface area contributed by atoms with Crippen molar-refractivity contribution in [3.63, 3.8) is 0 Å². The van der Waals surface area contributed by atoms with E-state index in [2.05, 4.69) is 101 Å². The Labute approximate surface area is 267 Å². The molecule has 1 aliphatic heterocycles. The van der Waals surface area contributed by atoms with Gasteiger partial charge >= 0.3 is 97.8 Å². The second-order valence-corrected chi connectivity index (χ2v) is 18.2. The molecule has 5 heteroatoms. The fraction of sp³-hybridized carbons (Fsp3) is 0.405. The topological polar surface area (TPSA) is 12.5 Å². The average Bonchev–Trinajstić information content (AvgIpc) is 3.21. The van der Waals surface area contributed by atoms with Crippen LogP contribution in [-0.2, 0) is 18.9 Å². The van der Waals surface area contributed by atoms with E-state index in [0.717, 1.165) is 24.2 Å². The third-order valence-electron chi connectivity index (χ3n) is 8.33. The molecule has 42 heavy (non-hydrogen) atoms. The molecule has 2 atom stereocenters. The van der Waals surface area contributed by atoms with E-state index in [9.17, 15) is 0 Å².